The highest BCUT2D eigenvalue weighted by Gasteiger charge is 2.32. The van der Waals surface area contributed by atoms with E-state index in [1.54, 1.807) is 11.3 Å². The van der Waals surface area contributed by atoms with Gasteiger partial charge in [-0.15, -0.1) is 11.3 Å². The Kier molecular flexibility index (Phi) is 4.74. The summed E-state index contributed by atoms with van der Waals surface area (Å²) in [5, 5.41) is 3.23. The third-order valence-electron chi connectivity index (χ3n) is 4.89. The van der Waals surface area contributed by atoms with Gasteiger partial charge in [-0.1, -0.05) is 28.1 Å². The predicted molar refractivity (Wildman–Crippen MR) is 103 cm³/mol. The standard InChI is InChI=1S/C19H21BrN2OS/c20-14-3-1-13(2-4-14)17-7-8-18(24-17)19(23)21-15-9-11-22(12-10-15)16-5-6-16/h1-4,7-8,15-16H,5-6,9-12H2,(H,21,23). The first-order valence-corrected chi connectivity index (χ1v) is 10.2. The van der Waals surface area contributed by atoms with Gasteiger partial charge in [0.15, 0.2) is 0 Å². The molecule has 0 spiro atoms. The Hall–Kier alpha value is -1.17. The molecule has 1 aromatic heterocycles. The van der Waals surface area contributed by atoms with E-state index in [0.717, 1.165) is 51.8 Å². The number of hydrogen-bond acceptors (Lipinski definition) is 3. The van der Waals surface area contributed by atoms with Crippen molar-refractivity contribution in [1.29, 1.82) is 0 Å². The summed E-state index contributed by atoms with van der Waals surface area (Å²) in [4.78, 5) is 17.0. The normalized spacial score (nSPS) is 19.4. The summed E-state index contributed by atoms with van der Waals surface area (Å²) in [5.74, 6) is 0.0771. The van der Waals surface area contributed by atoms with Crippen LogP contribution < -0.4 is 5.32 Å². The molecule has 1 aliphatic heterocycles. The molecule has 1 N–H and O–H groups in total. The van der Waals surface area contributed by atoms with Crippen LogP contribution in [-0.4, -0.2) is 36.0 Å². The van der Waals surface area contributed by atoms with E-state index in [1.165, 1.54) is 12.8 Å². The molecule has 1 saturated heterocycles. The second-order valence-corrected chi connectivity index (χ2v) is 8.69. The van der Waals surface area contributed by atoms with Crippen LogP contribution in [0.15, 0.2) is 40.9 Å². The number of amides is 1. The Labute approximate surface area is 155 Å². The van der Waals surface area contributed by atoms with Crippen molar-refractivity contribution in [2.75, 3.05) is 13.1 Å². The Morgan fingerprint density at radius 1 is 1.04 bits per heavy atom. The first kappa shape index (κ1) is 16.3. The molecule has 126 valence electrons. The van der Waals surface area contributed by atoms with Crippen molar-refractivity contribution >= 4 is 33.2 Å². The zero-order chi connectivity index (χ0) is 16.5. The van der Waals surface area contributed by atoms with E-state index in [1.807, 2.05) is 24.3 Å². The number of halogens is 1. The van der Waals surface area contributed by atoms with E-state index in [0.29, 0.717) is 6.04 Å². The van der Waals surface area contributed by atoms with Gasteiger partial charge in [0.2, 0.25) is 0 Å². The van der Waals surface area contributed by atoms with Gasteiger partial charge in [0.25, 0.3) is 5.91 Å². The maximum atomic E-state index is 12.5. The number of carbonyl (C=O) groups excluding carboxylic acids is 1. The van der Waals surface area contributed by atoms with E-state index in [2.05, 4.69) is 38.3 Å². The highest BCUT2D eigenvalue weighted by atomic mass is 79.9. The number of hydrogen-bond donors (Lipinski definition) is 1. The lowest BCUT2D eigenvalue weighted by Crippen LogP contribution is -2.45. The highest BCUT2D eigenvalue weighted by Crippen LogP contribution is 2.31. The van der Waals surface area contributed by atoms with Crippen LogP contribution in [0.1, 0.15) is 35.4 Å². The van der Waals surface area contributed by atoms with Crippen molar-refractivity contribution in [3.8, 4) is 10.4 Å². The molecular weight excluding hydrogens is 384 g/mol. The molecular formula is C19H21BrN2OS. The predicted octanol–water partition coefficient (Wildman–Crippen LogP) is 4.53. The van der Waals surface area contributed by atoms with E-state index >= 15 is 0 Å². The number of nitrogens with zero attached hydrogens (tertiary/aromatic N) is 1. The molecule has 24 heavy (non-hydrogen) atoms. The van der Waals surface area contributed by atoms with Crippen molar-refractivity contribution in [2.24, 2.45) is 0 Å². The monoisotopic (exact) mass is 404 g/mol. The number of carbonyl (C=O) groups is 1. The summed E-state index contributed by atoms with van der Waals surface area (Å²) in [6, 6.07) is 13.4. The number of rotatable bonds is 4. The van der Waals surface area contributed by atoms with Gasteiger partial charge >= 0.3 is 0 Å². The minimum Gasteiger partial charge on any atom is -0.349 e. The van der Waals surface area contributed by atoms with E-state index in [4.69, 9.17) is 0 Å². The van der Waals surface area contributed by atoms with Gasteiger partial charge in [-0.05, 0) is 55.5 Å². The minimum absolute atomic E-state index is 0.0771. The lowest BCUT2D eigenvalue weighted by Gasteiger charge is -2.32. The Morgan fingerprint density at radius 3 is 2.42 bits per heavy atom. The van der Waals surface area contributed by atoms with Crippen molar-refractivity contribution in [3.05, 3.63) is 45.7 Å². The molecule has 0 atom stereocenters. The SMILES string of the molecule is O=C(NC1CCN(C2CC2)CC1)c1ccc(-c2ccc(Br)cc2)s1. The van der Waals surface area contributed by atoms with Gasteiger partial charge in [0.05, 0.1) is 4.88 Å². The lowest BCUT2D eigenvalue weighted by atomic mass is 10.0. The van der Waals surface area contributed by atoms with Crippen LogP contribution in [0.3, 0.4) is 0 Å². The minimum atomic E-state index is 0.0771. The van der Waals surface area contributed by atoms with Crippen molar-refractivity contribution in [3.63, 3.8) is 0 Å². The first-order chi connectivity index (χ1) is 11.7. The van der Waals surface area contributed by atoms with Crippen molar-refractivity contribution < 1.29 is 4.79 Å². The van der Waals surface area contributed by atoms with Gasteiger partial charge in [-0.25, -0.2) is 0 Å². The molecule has 2 heterocycles. The summed E-state index contributed by atoms with van der Waals surface area (Å²) >= 11 is 5.02. The number of likely N-dealkylation sites (tertiary alicyclic amines) is 1. The molecule has 4 rings (SSSR count). The number of nitrogens with one attached hydrogen (secondary N) is 1. The van der Waals surface area contributed by atoms with Gasteiger partial charge in [-0.3, -0.25) is 4.79 Å². The number of piperidine rings is 1. The lowest BCUT2D eigenvalue weighted by molar-refractivity contribution is 0.0913. The summed E-state index contributed by atoms with van der Waals surface area (Å²) in [6.45, 7) is 2.26. The maximum absolute atomic E-state index is 12.5. The molecule has 2 fully saturated rings. The maximum Gasteiger partial charge on any atom is 0.261 e. The molecule has 3 nitrogen and oxygen atoms in total. The molecule has 0 radical (unpaired) electrons. The van der Waals surface area contributed by atoms with Crippen LogP contribution in [0.25, 0.3) is 10.4 Å². The summed E-state index contributed by atoms with van der Waals surface area (Å²) in [6.07, 6.45) is 4.89. The summed E-state index contributed by atoms with van der Waals surface area (Å²) < 4.78 is 1.07. The third kappa shape index (κ3) is 3.73. The average Bonchev–Trinajstić information content (AvgIpc) is 3.33. The van der Waals surface area contributed by atoms with Gasteiger partial charge in [-0.2, -0.15) is 0 Å². The zero-order valence-electron chi connectivity index (χ0n) is 13.5. The first-order valence-electron chi connectivity index (χ1n) is 8.60. The van der Waals surface area contributed by atoms with E-state index in [-0.39, 0.29) is 5.91 Å². The number of thiophene rings is 1. The third-order valence-corrected chi connectivity index (χ3v) is 6.55. The van der Waals surface area contributed by atoms with E-state index in [9.17, 15) is 4.79 Å². The van der Waals surface area contributed by atoms with Gasteiger partial charge < -0.3 is 10.2 Å². The Morgan fingerprint density at radius 2 is 1.75 bits per heavy atom. The van der Waals surface area contributed by atoms with Crippen molar-refractivity contribution in [1.82, 2.24) is 10.2 Å². The molecule has 1 saturated carbocycles. The molecule has 1 amide bonds. The summed E-state index contributed by atoms with van der Waals surface area (Å²) in [5.41, 5.74) is 1.15. The van der Waals surface area contributed by atoms with Crippen LogP contribution in [0.2, 0.25) is 0 Å². The second kappa shape index (κ2) is 6.98. The van der Waals surface area contributed by atoms with Crippen LogP contribution in [0.4, 0.5) is 0 Å². The smallest absolute Gasteiger partial charge is 0.261 e. The fourth-order valence-electron chi connectivity index (χ4n) is 3.33. The van der Waals surface area contributed by atoms with Gasteiger partial charge in [0.1, 0.15) is 0 Å². The second-order valence-electron chi connectivity index (χ2n) is 6.69. The summed E-state index contributed by atoms with van der Waals surface area (Å²) in [7, 11) is 0. The molecule has 0 bridgehead atoms. The fraction of sp³-hybridized carbons (Fsp3) is 0.421. The molecule has 2 aromatic rings. The molecule has 5 heteroatoms. The van der Waals surface area contributed by atoms with Crippen LogP contribution in [0.5, 0.6) is 0 Å². The molecule has 0 unspecified atom stereocenters. The van der Waals surface area contributed by atoms with Crippen molar-refractivity contribution in [2.45, 2.75) is 37.8 Å². The quantitative estimate of drug-likeness (QED) is 0.811. The molecule has 1 aliphatic carbocycles. The Balaban J connectivity index is 1.35. The van der Waals surface area contributed by atoms with Gasteiger partial charge in [0, 0.05) is 34.5 Å². The molecule has 1 aromatic carbocycles. The van der Waals surface area contributed by atoms with E-state index < -0.39 is 0 Å². The van der Waals surface area contributed by atoms with Crippen LogP contribution in [0, 0.1) is 0 Å². The Bertz CT molecular complexity index is 715. The zero-order valence-corrected chi connectivity index (χ0v) is 15.9. The molecule has 2 aliphatic rings. The highest BCUT2D eigenvalue weighted by molar-refractivity contribution is 9.10. The largest absolute Gasteiger partial charge is 0.349 e. The number of benzene rings is 1. The average molecular weight is 405 g/mol. The topological polar surface area (TPSA) is 32.3 Å². The van der Waals surface area contributed by atoms with Crippen LogP contribution in [-0.2, 0) is 0 Å². The van der Waals surface area contributed by atoms with Crippen LogP contribution >= 0.6 is 27.3 Å². The fourth-order valence-corrected chi connectivity index (χ4v) is 4.51.